The minimum absolute atomic E-state index is 0.290. The molecule has 0 unspecified atom stereocenters. The Morgan fingerprint density at radius 2 is 1.83 bits per heavy atom. The number of hydrogen-bond acceptors (Lipinski definition) is 7. The zero-order valence-electron chi connectivity index (χ0n) is 15.2. The molecular weight excluding hydrogens is 408 g/mol. The van der Waals surface area contributed by atoms with E-state index in [1.165, 1.54) is 11.3 Å². The number of aromatic nitrogens is 2. The molecule has 4 aromatic rings. The van der Waals surface area contributed by atoms with Gasteiger partial charge in [0.05, 0.1) is 22.3 Å². The molecule has 10 heteroatoms. The summed E-state index contributed by atoms with van der Waals surface area (Å²) >= 11 is 1.20. The van der Waals surface area contributed by atoms with Crippen LogP contribution in [-0.4, -0.2) is 39.1 Å². The number of oxazole rings is 1. The number of carbonyl (C=O) groups is 3. The fraction of sp³-hybridized carbons (Fsp3) is 0.0500. The van der Waals surface area contributed by atoms with E-state index in [-0.39, 0.29) is 0 Å². The van der Waals surface area contributed by atoms with Crippen LogP contribution in [0.2, 0.25) is 0 Å². The first kappa shape index (κ1) is 18.0. The van der Waals surface area contributed by atoms with Crippen molar-refractivity contribution in [3.63, 3.8) is 0 Å². The number of benzene rings is 2. The van der Waals surface area contributed by atoms with Crippen LogP contribution in [-0.2, 0) is 4.79 Å². The predicted molar refractivity (Wildman–Crippen MR) is 108 cm³/mol. The first-order valence-electron chi connectivity index (χ1n) is 8.83. The monoisotopic (exact) mass is 420 g/mol. The molecule has 0 radical (unpaired) electrons. The lowest BCUT2D eigenvalue weighted by Crippen LogP contribution is -2.37. The number of aromatic amines is 1. The number of nitrogens with one attached hydrogen (secondary N) is 2. The summed E-state index contributed by atoms with van der Waals surface area (Å²) in [6.45, 7) is -0.401. The van der Waals surface area contributed by atoms with Gasteiger partial charge in [0, 0.05) is 10.9 Å². The molecule has 0 saturated carbocycles. The molecule has 0 spiro atoms. The van der Waals surface area contributed by atoms with Gasteiger partial charge in [-0.2, -0.15) is 0 Å². The Kier molecular flexibility index (Phi) is 4.07. The third-order valence-electron chi connectivity index (χ3n) is 4.65. The average Bonchev–Trinajstić information content (AvgIpc) is 3.40. The van der Waals surface area contributed by atoms with E-state index in [0.717, 1.165) is 4.90 Å². The molecular formula is C20H12N4O5S. The fourth-order valence-electron chi connectivity index (χ4n) is 3.25. The highest BCUT2D eigenvalue weighted by molar-refractivity contribution is 7.14. The summed E-state index contributed by atoms with van der Waals surface area (Å²) in [5.74, 6) is -2.06. The van der Waals surface area contributed by atoms with Gasteiger partial charge >= 0.3 is 5.76 Å². The summed E-state index contributed by atoms with van der Waals surface area (Å²) < 4.78 is 5.05. The Morgan fingerprint density at radius 3 is 2.57 bits per heavy atom. The normalized spacial score (nSPS) is 13.1. The van der Waals surface area contributed by atoms with E-state index in [1.807, 2.05) is 0 Å². The molecule has 3 amide bonds. The second kappa shape index (κ2) is 6.78. The highest BCUT2D eigenvalue weighted by Gasteiger charge is 2.36. The third-order valence-corrected chi connectivity index (χ3v) is 5.40. The Morgan fingerprint density at radius 1 is 1.10 bits per heavy atom. The summed E-state index contributed by atoms with van der Waals surface area (Å²) in [6.07, 6.45) is 0. The van der Waals surface area contributed by atoms with Gasteiger partial charge in [0.25, 0.3) is 11.8 Å². The van der Waals surface area contributed by atoms with Gasteiger partial charge in [0.15, 0.2) is 10.7 Å². The molecule has 0 fully saturated rings. The SMILES string of the molecule is O=C(CN1C(=O)c2ccccc2C1=O)Nc1nc(-c2ccc3[nH]c(=O)oc3c2)cs1. The lowest BCUT2D eigenvalue weighted by molar-refractivity contribution is -0.116. The van der Waals surface area contributed by atoms with Crippen molar-refractivity contribution in [1.29, 1.82) is 0 Å². The summed E-state index contributed by atoms with van der Waals surface area (Å²) in [6, 6.07) is 11.6. The van der Waals surface area contributed by atoms with Crippen molar-refractivity contribution in [1.82, 2.24) is 14.9 Å². The number of imide groups is 1. The molecule has 1 aliphatic rings. The van der Waals surface area contributed by atoms with Gasteiger partial charge in [-0.05, 0) is 24.3 Å². The van der Waals surface area contributed by atoms with E-state index in [4.69, 9.17) is 4.42 Å². The third kappa shape index (κ3) is 2.99. The Bertz CT molecular complexity index is 1360. The number of rotatable bonds is 4. The predicted octanol–water partition coefficient (Wildman–Crippen LogP) is 2.48. The molecule has 148 valence electrons. The van der Waals surface area contributed by atoms with Crippen LogP contribution in [0.15, 0.2) is 57.1 Å². The van der Waals surface area contributed by atoms with Crippen molar-refractivity contribution in [3.8, 4) is 11.3 Å². The van der Waals surface area contributed by atoms with Gasteiger partial charge < -0.3 is 9.73 Å². The smallest absolute Gasteiger partial charge is 0.408 e. The van der Waals surface area contributed by atoms with Crippen LogP contribution in [0, 0.1) is 0 Å². The molecule has 30 heavy (non-hydrogen) atoms. The maximum absolute atomic E-state index is 12.4. The number of nitrogens with zero attached hydrogens (tertiary/aromatic N) is 2. The maximum Gasteiger partial charge on any atom is 0.417 e. The van der Waals surface area contributed by atoms with E-state index < -0.39 is 30.0 Å². The minimum atomic E-state index is -0.540. The van der Waals surface area contributed by atoms with Gasteiger partial charge in [-0.1, -0.05) is 18.2 Å². The first-order chi connectivity index (χ1) is 14.5. The van der Waals surface area contributed by atoms with Crippen molar-refractivity contribution < 1.29 is 18.8 Å². The molecule has 2 N–H and O–H groups in total. The summed E-state index contributed by atoms with van der Waals surface area (Å²) in [5, 5.41) is 4.67. The quantitative estimate of drug-likeness (QED) is 0.489. The molecule has 0 aliphatic carbocycles. The summed E-state index contributed by atoms with van der Waals surface area (Å²) in [4.78, 5) is 56.2. The highest BCUT2D eigenvalue weighted by atomic mass is 32.1. The van der Waals surface area contributed by atoms with Crippen molar-refractivity contribution in [3.05, 3.63) is 69.5 Å². The van der Waals surface area contributed by atoms with Crippen molar-refractivity contribution in [2.45, 2.75) is 0 Å². The Balaban J connectivity index is 1.30. The molecule has 2 aromatic carbocycles. The topological polar surface area (TPSA) is 125 Å². The van der Waals surface area contributed by atoms with E-state index in [9.17, 15) is 19.2 Å². The second-order valence-electron chi connectivity index (χ2n) is 6.55. The highest BCUT2D eigenvalue weighted by Crippen LogP contribution is 2.27. The van der Waals surface area contributed by atoms with Crippen LogP contribution < -0.4 is 11.1 Å². The molecule has 0 atom stereocenters. The van der Waals surface area contributed by atoms with Crippen LogP contribution in [0.4, 0.5) is 5.13 Å². The van der Waals surface area contributed by atoms with Gasteiger partial charge in [-0.3, -0.25) is 24.3 Å². The lowest BCUT2D eigenvalue weighted by atomic mass is 10.1. The van der Waals surface area contributed by atoms with Crippen molar-refractivity contribution >= 4 is 45.3 Å². The molecule has 5 rings (SSSR count). The van der Waals surface area contributed by atoms with Gasteiger partial charge in [-0.25, -0.2) is 9.78 Å². The molecule has 0 bridgehead atoms. The van der Waals surface area contributed by atoms with E-state index in [2.05, 4.69) is 15.3 Å². The van der Waals surface area contributed by atoms with Crippen LogP contribution in [0.1, 0.15) is 20.7 Å². The summed E-state index contributed by atoms with van der Waals surface area (Å²) in [7, 11) is 0. The van der Waals surface area contributed by atoms with Crippen molar-refractivity contribution in [2.24, 2.45) is 0 Å². The second-order valence-corrected chi connectivity index (χ2v) is 7.41. The van der Waals surface area contributed by atoms with E-state index >= 15 is 0 Å². The lowest BCUT2D eigenvalue weighted by Gasteiger charge is -2.12. The van der Waals surface area contributed by atoms with Gasteiger partial charge in [0.2, 0.25) is 5.91 Å². The molecule has 0 saturated heterocycles. The van der Waals surface area contributed by atoms with Crippen molar-refractivity contribution in [2.75, 3.05) is 11.9 Å². The average molecular weight is 420 g/mol. The number of thiazole rings is 1. The van der Waals surface area contributed by atoms with Gasteiger partial charge in [-0.15, -0.1) is 11.3 Å². The minimum Gasteiger partial charge on any atom is -0.408 e. The fourth-order valence-corrected chi connectivity index (χ4v) is 3.99. The first-order valence-corrected chi connectivity index (χ1v) is 9.71. The molecule has 2 aromatic heterocycles. The molecule has 1 aliphatic heterocycles. The number of hydrogen-bond donors (Lipinski definition) is 2. The molecule has 3 heterocycles. The van der Waals surface area contributed by atoms with Crippen LogP contribution >= 0.6 is 11.3 Å². The van der Waals surface area contributed by atoms with Crippen LogP contribution in [0.25, 0.3) is 22.4 Å². The van der Waals surface area contributed by atoms with E-state index in [0.29, 0.717) is 38.6 Å². The number of anilines is 1. The molecule has 9 nitrogen and oxygen atoms in total. The summed E-state index contributed by atoms with van der Waals surface area (Å²) in [5.41, 5.74) is 2.86. The van der Waals surface area contributed by atoms with E-state index in [1.54, 1.807) is 47.8 Å². The Labute approximate surface area is 172 Å². The number of amides is 3. The zero-order chi connectivity index (χ0) is 20.8. The number of H-pyrrole nitrogens is 1. The number of fused-ring (bicyclic) bond motifs is 2. The van der Waals surface area contributed by atoms with Crippen LogP contribution in [0.5, 0.6) is 0 Å². The van der Waals surface area contributed by atoms with Crippen LogP contribution in [0.3, 0.4) is 0 Å². The number of carbonyl (C=O) groups excluding carboxylic acids is 3. The van der Waals surface area contributed by atoms with Gasteiger partial charge in [0.1, 0.15) is 6.54 Å². The largest absolute Gasteiger partial charge is 0.417 e. The standard InChI is InChI=1S/C20H12N4O5S/c25-16(8-24-17(26)11-3-1-2-4-12(11)18(24)27)23-19-21-14(9-30-19)10-5-6-13-15(7-10)29-20(28)22-13/h1-7,9H,8H2,(H,22,28)(H,21,23,25). The zero-order valence-corrected chi connectivity index (χ0v) is 16.0. The maximum atomic E-state index is 12.4. The Hall–Kier alpha value is -4.05.